The minimum absolute atomic E-state index is 0.0482. The van der Waals surface area contributed by atoms with Gasteiger partial charge in [-0.3, -0.25) is 0 Å². The molecule has 0 spiro atoms. The molecule has 11 rings (SSSR count). The fourth-order valence-corrected chi connectivity index (χ4v) is 8.94. The predicted octanol–water partition coefficient (Wildman–Crippen LogP) is 12.4. The molecule has 0 unspecified atom stereocenters. The largest absolute Gasteiger partial charge is 0.454 e. The van der Waals surface area contributed by atoms with Crippen LogP contribution in [0.4, 0.5) is 0 Å². The maximum absolute atomic E-state index is 6.99. The molecule has 0 fully saturated rings. The molecular weight excluding hydrogens is 571 g/mol. The average Bonchev–Trinajstić information content (AvgIpc) is 3.74. The van der Waals surface area contributed by atoms with Crippen molar-refractivity contribution in [3.05, 3.63) is 151 Å². The van der Waals surface area contributed by atoms with Gasteiger partial charge < -0.3 is 8.98 Å². The molecule has 1 aliphatic carbocycles. The third-order valence-corrected chi connectivity index (χ3v) is 10.9. The van der Waals surface area contributed by atoms with Gasteiger partial charge in [-0.05, 0) is 68.1 Å². The molecule has 2 nitrogen and oxygen atoms in total. The van der Waals surface area contributed by atoms with Gasteiger partial charge in [0.2, 0.25) is 0 Å². The van der Waals surface area contributed by atoms with Crippen molar-refractivity contribution in [3.8, 4) is 16.8 Å². The van der Waals surface area contributed by atoms with Gasteiger partial charge in [0.05, 0.1) is 11.0 Å². The summed E-state index contributed by atoms with van der Waals surface area (Å²) in [7, 11) is 0. The summed E-state index contributed by atoms with van der Waals surface area (Å²) in [5.41, 5.74) is 10.6. The lowest BCUT2D eigenvalue weighted by atomic mass is 9.82. The smallest absolute Gasteiger partial charge is 0.160 e. The van der Waals surface area contributed by atoms with E-state index in [2.05, 4.69) is 158 Å². The Morgan fingerprint density at radius 2 is 1.04 bits per heavy atom. The Morgan fingerprint density at radius 3 is 1.81 bits per heavy atom. The van der Waals surface area contributed by atoms with Crippen LogP contribution in [0.25, 0.3) is 92.9 Å². The molecule has 2 aromatic heterocycles. The van der Waals surface area contributed by atoms with Crippen LogP contribution in [-0.4, -0.2) is 4.57 Å². The molecule has 47 heavy (non-hydrogen) atoms. The molecule has 10 aromatic rings. The number of benzene rings is 8. The zero-order valence-electron chi connectivity index (χ0n) is 26.1. The normalized spacial score (nSPS) is 13.9. The summed E-state index contributed by atoms with van der Waals surface area (Å²) in [6.07, 6.45) is 0. The number of hydrogen-bond donors (Lipinski definition) is 0. The molecular formula is C45H29NO. The number of hydrogen-bond acceptors (Lipinski definition) is 1. The molecule has 0 aliphatic heterocycles. The zero-order chi connectivity index (χ0) is 31.0. The quantitative estimate of drug-likeness (QED) is 0.172. The summed E-state index contributed by atoms with van der Waals surface area (Å²) >= 11 is 0. The van der Waals surface area contributed by atoms with E-state index in [1.165, 1.54) is 76.2 Å². The lowest BCUT2D eigenvalue weighted by Crippen LogP contribution is -2.14. The van der Waals surface area contributed by atoms with Gasteiger partial charge in [-0.2, -0.15) is 0 Å². The number of nitrogens with zero attached hydrogens (tertiary/aromatic N) is 1. The van der Waals surface area contributed by atoms with Crippen LogP contribution < -0.4 is 0 Å². The molecule has 220 valence electrons. The summed E-state index contributed by atoms with van der Waals surface area (Å²) < 4.78 is 9.45. The monoisotopic (exact) mass is 599 g/mol. The Hall–Kier alpha value is -5.86. The third kappa shape index (κ3) is 3.06. The summed E-state index contributed by atoms with van der Waals surface area (Å²) in [4.78, 5) is 0. The first-order valence-corrected chi connectivity index (χ1v) is 16.5. The Morgan fingerprint density at radius 1 is 0.468 bits per heavy atom. The van der Waals surface area contributed by atoms with E-state index in [0.717, 1.165) is 27.8 Å². The second-order valence-corrected chi connectivity index (χ2v) is 13.6. The van der Waals surface area contributed by atoms with E-state index in [1.807, 2.05) is 0 Å². The van der Waals surface area contributed by atoms with Gasteiger partial charge in [0.15, 0.2) is 5.58 Å². The van der Waals surface area contributed by atoms with Crippen molar-refractivity contribution in [3.63, 3.8) is 0 Å². The highest BCUT2D eigenvalue weighted by atomic mass is 16.3. The lowest BCUT2D eigenvalue weighted by molar-refractivity contribution is 0.660. The zero-order valence-corrected chi connectivity index (χ0v) is 26.1. The first-order chi connectivity index (χ1) is 23.1. The van der Waals surface area contributed by atoms with Crippen LogP contribution in [0.3, 0.4) is 0 Å². The number of fused-ring (bicyclic) bond motifs is 18. The first kappa shape index (κ1) is 25.3. The van der Waals surface area contributed by atoms with Gasteiger partial charge in [0.1, 0.15) is 5.58 Å². The molecule has 0 saturated carbocycles. The van der Waals surface area contributed by atoms with E-state index >= 15 is 0 Å². The second-order valence-electron chi connectivity index (χ2n) is 13.6. The van der Waals surface area contributed by atoms with Crippen molar-refractivity contribution in [2.45, 2.75) is 19.3 Å². The highest BCUT2D eigenvalue weighted by molar-refractivity contribution is 6.44. The molecule has 0 N–H and O–H groups in total. The van der Waals surface area contributed by atoms with Crippen molar-refractivity contribution >= 4 is 76.1 Å². The van der Waals surface area contributed by atoms with Gasteiger partial charge >= 0.3 is 0 Å². The Bertz CT molecular complexity index is 2990. The number of furan rings is 1. The SMILES string of the molecule is CC1(C)c2ccccc2-c2cc(-n3c4ccccc4c4c5c6ccccc6c6ccccc6c5c5c6ccccc6oc5c43)ccc21. The molecule has 8 aromatic carbocycles. The number of rotatable bonds is 1. The lowest BCUT2D eigenvalue weighted by Gasteiger charge is -2.21. The van der Waals surface area contributed by atoms with Crippen LogP contribution >= 0.6 is 0 Å². The minimum Gasteiger partial charge on any atom is -0.454 e. The van der Waals surface area contributed by atoms with E-state index < -0.39 is 0 Å². The van der Waals surface area contributed by atoms with Crippen LogP contribution in [0.2, 0.25) is 0 Å². The molecule has 1 aliphatic rings. The van der Waals surface area contributed by atoms with Crippen LogP contribution in [0, 0.1) is 0 Å². The van der Waals surface area contributed by atoms with E-state index in [0.29, 0.717) is 0 Å². The average molecular weight is 600 g/mol. The number of aromatic nitrogens is 1. The van der Waals surface area contributed by atoms with Gasteiger partial charge in [0, 0.05) is 43.4 Å². The van der Waals surface area contributed by atoms with E-state index in [9.17, 15) is 0 Å². The van der Waals surface area contributed by atoms with Crippen molar-refractivity contribution in [1.82, 2.24) is 4.57 Å². The molecule has 0 saturated heterocycles. The van der Waals surface area contributed by atoms with Crippen molar-refractivity contribution in [2.75, 3.05) is 0 Å². The highest BCUT2D eigenvalue weighted by Crippen LogP contribution is 2.52. The fourth-order valence-electron chi connectivity index (χ4n) is 8.94. The van der Waals surface area contributed by atoms with Crippen molar-refractivity contribution in [2.24, 2.45) is 0 Å². The second kappa shape index (κ2) is 8.69. The first-order valence-electron chi connectivity index (χ1n) is 16.5. The molecule has 0 radical (unpaired) electrons. The van der Waals surface area contributed by atoms with Crippen LogP contribution in [-0.2, 0) is 5.41 Å². The van der Waals surface area contributed by atoms with Gasteiger partial charge in [-0.15, -0.1) is 0 Å². The van der Waals surface area contributed by atoms with Crippen molar-refractivity contribution < 1.29 is 4.42 Å². The fraction of sp³-hybridized carbons (Fsp3) is 0.0667. The number of para-hydroxylation sites is 2. The van der Waals surface area contributed by atoms with E-state index in [4.69, 9.17) is 4.42 Å². The Kier molecular flexibility index (Phi) is 4.68. The summed E-state index contributed by atoms with van der Waals surface area (Å²) in [5.74, 6) is 0. The summed E-state index contributed by atoms with van der Waals surface area (Å²) in [5, 5.41) is 12.4. The maximum Gasteiger partial charge on any atom is 0.160 e. The minimum atomic E-state index is -0.0482. The van der Waals surface area contributed by atoms with E-state index in [1.54, 1.807) is 0 Å². The molecule has 0 amide bonds. The molecule has 0 bridgehead atoms. The standard InChI is InChI=1S/C45H29NO/c1-45(2)35-20-10-7-15-29(35)34-25-26(23-24-36(34)45)46-37-21-11-8-18-32(37)41-39-30-16-5-3-13-27(30)28-14-4-6-17-31(28)40(39)42-33-19-9-12-22-38(33)47-44(42)43(41)46/h3-25H,1-2H3. The Labute approximate surface area is 271 Å². The van der Waals surface area contributed by atoms with Crippen molar-refractivity contribution in [1.29, 1.82) is 0 Å². The van der Waals surface area contributed by atoms with Crippen LogP contribution in [0.1, 0.15) is 25.0 Å². The highest BCUT2D eigenvalue weighted by Gasteiger charge is 2.35. The predicted molar refractivity (Wildman–Crippen MR) is 198 cm³/mol. The molecule has 2 heteroatoms. The van der Waals surface area contributed by atoms with E-state index in [-0.39, 0.29) is 5.41 Å². The van der Waals surface area contributed by atoms with Crippen LogP contribution in [0.15, 0.2) is 144 Å². The Balaban J connectivity index is 1.43. The molecule has 2 heterocycles. The molecule has 0 atom stereocenters. The topological polar surface area (TPSA) is 18.1 Å². The van der Waals surface area contributed by atoms with Gasteiger partial charge in [-0.25, -0.2) is 0 Å². The van der Waals surface area contributed by atoms with Gasteiger partial charge in [-0.1, -0.05) is 129 Å². The van der Waals surface area contributed by atoms with Crippen LogP contribution in [0.5, 0.6) is 0 Å². The maximum atomic E-state index is 6.99. The third-order valence-electron chi connectivity index (χ3n) is 10.9. The van der Waals surface area contributed by atoms with Gasteiger partial charge in [0.25, 0.3) is 0 Å². The summed E-state index contributed by atoms with van der Waals surface area (Å²) in [6, 6.07) is 51.2. The summed E-state index contributed by atoms with van der Waals surface area (Å²) in [6.45, 7) is 4.69.